The number of methoxy groups -OCH3 is 1. The van der Waals surface area contributed by atoms with E-state index in [2.05, 4.69) is 16.0 Å². The predicted molar refractivity (Wildman–Crippen MR) is 107 cm³/mol. The third-order valence-electron chi connectivity index (χ3n) is 4.05. The van der Waals surface area contributed by atoms with E-state index < -0.39 is 0 Å². The number of rotatable bonds is 6. The number of hydrogen-bond donors (Lipinski definition) is 3. The molecular formula is C21H21N3O3. The zero-order chi connectivity index (χ0) is 19.1. The van der Waals surface area contributed by atoms with Gasteiger partial charge in [-0.05, 0) is 35.7 Å². The van der Waals surface area contributed by atoms with E-state index in [1.54, 1.807) is 31.4 Å². The molecule has 0 heterocycles. The molecule has 3 aromatic rings. The molecule has 3 rings (SSSR count). The summed E-state index contributed by atoms with van der Waals surface area (Å²) in [4.78, 5) is 24.1. The summed E-state index contributed by atoms with van der Waals surface area (Å²) in [7, 11) is 1.58. The van der Waals surface area contributed by atoms with Crippen molar-refractivity contribution < 1.29 is 14.3 Å². The van der Waals surface area contributed by atoms with E-state index in [1.165, 1.54) is 0 Å². The van der Waals surface area contributed by atoms with E-state index in [-0.39, 0.29) is 24.9 Å². The first-order chi connectivity index (χ1) is 13.2. The molecule has 27 heavy (non-hydrogen) atoms. The van der Waals surface area contributed by atoms with Crippen molar-refractivity contribution in [2.75, 3.05) is 24.3 Å². The van der Waals surface area contributed by atoms with Crippen molar-refractivity contribution in [2.45, 2.75) is 6.42 Å². The van der Waals surface area contributed by atoms with E-state index in [1.807, 2.05) is 42.5 Å². The van der Waals surface area contributed by atoms with Crippen LogP contribution in [0.2, 0.25) is 0 Å². The summed E-state index contributed by atoms with van der Waals surface area (Å²) in [5, 5.41) is 10.3. The van der Waals surface area contributed by atoms with Gasteiger partial charge in [0.2, 0.25) is 5.91 Å². The predicted octanol–water partition coefficient (Wildman–Crippen LogP) is 4.00. The van der Waals surface area contributed by atoms with E-state index in [4.69, 9.17) is 4.74 Å². The molecule has 0 aliphatic carbocycles. The van der Waals surface area contributed by atoms with Gasteiger partial charge in [0.15, 0.2) is 0 Å². The van der Waals surface area contributed by atoms with Crippen molar-refractivity contribution in [2.24, 2.45) is 0 Å². The lowest BCUT2D eigenvalue weighted by Crippen LogP contribution is -2.31. The van der Waals surface area contributed by atoms with Gasteiger partial charge >= 0.3 is 6.03 Å². The van der Waals surface area contributed by atoms with Gasteiger partial charge in [-0.1, -0.05) is 36.4 Å². The second kappa shape index (κ2) is 8.71. The number of carbonyl (C=O) groups is 2. The Morgan fingerprint density at radius 3 is 2.41 bits per heavy atom. The third-order valence-corrected chi connectivity index (χ3v) is 4.05. The largest absolute Gasteiger partial charge is 0.497 e. The molecule has 0 atom stereocenters. The Balaban J connectivity index is 1.46. The highest BCUT2D eigenvalue weighted by Gasteiger charge is 2.07. The number of ether oxygens (including phenoxy) is 1. The molecule has 0 saturated carbocycles. The molecule has 6 heteroatoms. The highest BCUT2D eigenvalue weighted by atomic mass is 16.5. The lowest BCUT2D eigenvalue weighted by molar-refractivity contribution is -0.116. The van der Waals surface area contributed by atoms with Crippen LogP contribution >= 0.6 is 0 Å². The Bertz CT molecular complexity index is 934. The molecule has 138 valence electrons. The van der Waals surface area contributed by atoms with Crippen LogP contribution in [-0.2, 0) is 4.79 Å². The summed E-state index contributed by atoms with van der Waals surface area (Å²) in [5.74, 6) is 0.558. The average Bonchev–Trinajstić information content (AvgIpc) is 2.69. The van der Waals surface area contributed by atoms with Gasteiger partial charge in [-0.3, -0.25) is 4.79 Å². The number of anilines is 2. The first-order valence-electron chi connectivity index (χ1n) is 8.62. The molecule has 3 amide bonds. The first kappa shape index (κ1) is 18.3. The van der Waals surface area contributed by atoms with Crippen LogP contribution in [0.1, 0.15) is 6.42 Å². The standard InChI is InChI=1S/C21H21N3O3/c1-27-17-11-9-16(10-12-17)23-21(26)22-14-13-20(25)24-19-8-4-6-15-5-2-3-7-18(15)19/h2-12H,13-14H2,1H3,(H,24,25)(H2,22,23,26). The van der Waals surface area contributed by atoms with Gasteiger partial charge in [-0.2, -0.15) is 0 Å². The number of carbonyl (C=O) groups excluding carboxylic acids is 2. The number of urea groups is 1. The van der Waals surface area contributed by atoms with Crippen LogP contribution in [0.25, 0.3) is 10.8 Å². The third kappa shape index (κ3) is 4.98. The Morgan fingerprint density at radius 1 is 0.889 bits per heavy atom. The maximum Gasteiger partial charge on any atom is 0.319 e. The summed E-state index contributed by atoms with van der Waals surface area (Å²) in [6.07, 6.45) is 0.180. The normalized spacial score (nSPS) is 10.3. The number of amides is 3. The zero-order valence-corrected chi connectivity index (χ0v) is 15.0. The van der Waals surface area contributed by atoms with Crippen LogP contribution in [0.4, 0.5) is 16.2 Å². The summed E-state index contributed by atoms with van der Waals surface area (Å²) < 4.78 is 5.07. The van der Waals surface area contributed by atoms with Crippen LogP contribution in [0.5, 0.6) is 5.75 Å². The molecule has 0 bridgehead atoms. The lowest BCUT2D eigenvalue weighted by Gasteiger charge is -2.10. The van der Waals surface area contributed by atoms with Crippen molar-refractivity contribution in [3.8, 4) is 5.75 Å². The van der Waals surface area contributed by atoms with Crippen molar-refractivity contribution >= 4 is 34.1 Å². The fourth-order valence-corrected chi connectivity index (χ4v) is 2.69. The van der Waals surface area contributed by atoms with Gasteiger partial charge in [0.1, 0.15) is 5.75 Å². The maximum absolute atomic E-state index is 12.2. The van der Waals surface area contributed by atoms with Crippen molar-refractivity contribution in [1.29, 1.82) is 0 Å². The second-order valence-electron chi connectivity index (χ2n) is 5.93. The van der Waals surface area contributed by atoms with Gasteiger partial charge in [-0.15, -0.1) is 0 Å². The molecule has 3 aromatic carbocycles. The highest BCUT2D eigenvalue weighted by molar-refractivity contribution is 6.02. The Hall–Kier alpha value is -3.54. The Labute approximate surface area is 157 Å². The lowest BCUT2D eigenvalue weighted by atomic mass is 10.1. The topological polar surface area (TPSA) is 79.5 Å². The fraction of sp³-hybridized carbons (Fsp3) is 0.143. The number of fused-ring (bicyclic) bond motifs is 1. The Morgan fingerprint density at radius 2 is 1.63 bits per heavy atom. The quantitative estimate of drug-likeness (QED) is 0.619. The van der Waals surface area contributed by atoms with Gasteiger partial charge in [-0.25, -0.2) is 4.79 Å². The molecule has 0 spiro atoms. The number of benzene rings is 3. The van der Waals surface area contributed by atoms with Crippen LogP contribution in [0.3, 0.4) is 0 Å². The van der Waals surface area contributed by atoms with Gasteiger partial charge < -0.3 is 20.7 Å². The zero-order valence-electron chi connectivity index (χ0n) is 15.0. The summed E-state index contributed by atoms with van der Waals surface area (Å²) in [5.41, 5.74) is 1.41. The van der Waals surface area contributed by atoms with Crippen molar-refractivity contribution in [1.82, 2.24) is 5.32 Å². The van der Waals surface area contributed by atoms with E-state index in [0.29, 0.717) is 11.4 Å². The summed E-state index contributed by atoms with van der Waals surface area (Å²) in [6, 6.07) is 20.2. The SMILES string of the molecule is COc1ccc(NC(=O)NCCC(=O)Nc2cccc3ccccc23)cc1. The molecule has 3 N–H and O–H groups in total. The van der Waals surface area contributed by atoms with Gasteiger partial charge in [0.05, 0.1) is 7.11 Å². The molecule has 0 aromatic heterocycles. The minimum absolute atomic E-state index is 0.156. The molecule has 0 aliphatic heterocycles. The molecule has 0 fully saturated rings. The Kier molecular flexibility index (Phi) is 5.89. The average molecular weight is 363 g/mol. The molecular weight excluding hydrogens is 342 g/mol. The monoisotopic (exact) mass is 363 g/mol. The highest BCUT2D eigenvalue weighted by Crippen LogP contribution is 2.22. The summed E-state index contributed by atoms with van der Waals surface area (Å²) >= 11 is 0. The van der Waals surface area contributed by atoms with Crippen LogP contribution < -0.4 is 20.7 Å². The van der Waals surface area contributed by atoms with Crippen molar-refractivity contribution in [3.05, 3.63) is 66.7 Å². The minimum atomic E-state index is -0.363. The second-order valence-corrected chi connectivity index (χ2v) is 5.93. The minimum Gasteiger partial charge on any atom is -0.497 e. The maximum atomic E-state index is 12.2. The van der Waals surface area contributed by atoms with E-state index in [9.17, 15) is 9.59 Å². The molecule has 0 radical (unpaired) electrons. The van der Waals surface area contributed by atoms with Crippen LogP contribution in [0.15, 0.2) is 66.7 Å². The van der Waals surface area contributed by atoms with E-state index >= 15 is 0 Å². The number of hydrogen-bond acceptors (Lipinski definition) is 3. The first-order valence-corrected chi connectivity index (χ1v) is 8.62. The van der Waals surface area contributed by atoms with Gasteiger partial charge in [0.25, 0.3) is 0 Å². The number of nitrogens with one attached hydrogen (secondary N) is 3. The molecule has 6 nitrogen and oxygen atoms in total. The van der Waals surface area contributed by atoms with Crippen LogP contribution in [-0.4, -0.2) is 25.6 Å². The fourth-order valence-electron chi connectivity index (χ4n) is 2.69. The summed E-state index contributed by atoms with van der Waals surface area (Å²) in [6.45, 7) is 0.235. The molecule has 0 saturated heterocycles. The van der Waals surface area contributed by atoms with Gasteiger partial charge in [0, 0.05) is 29.7 Å². The molecule has 0 unspecified atom stereocenters. The van der Waals surface area contributed by atoms with Crippen molar-refractivity contribution in [3.63, 3.8) is 0 Å². The molecule has 0 aliphatic rings. The van der Waals surface area contributed by atoms with Crippen LogP contribution in [0, 0.1) is 0 Å². The van der Waals surface area contributed by atoms with E-state index in [0.717, 1.165) is 16.5 Å². The smallest absolute Gasteiger partial charge is 0.319 e.